The van der Waals surface area contributed by atoms with E-state index < -0.39 is 32.5 Å². The smallest absolute Gasteiger partial charge is 0.306 e. The first-order valence-corrected chi connectivity index (χ1v) is 38.3. The third-order valence-corrected chi connectivity index (χ3v) is 15.8. The van der Waals surface area contributed by atoms with Gasteiger partial charge in [-0.05, 0) is 141 Å². The Morgan fingerprint density at radius 3 is 0.883 bits per heavy atom. The number of phosphoric acid groups is 1. The Balaban J connectivity index is 4.13. The van der Waals surface area contributed by atoms with E-state index in [9.17, 15) is 19.0 Å². The number of unbranched alkanes of at least 4 members (excludes halogenated alkanes) is 17. The lowest BCUT2D eigenvalue weighted by molar-refractivity contribution is -0.870. The molecule has 0 aromatic rings. The number of phosphoric ester groups is 1. The number of carbonyl (C=O) groups excluding carboxylic acids is 2. The monoisotopic (exact) mass is 1320 g/mol. The molecule has 0 bridgehead atoms. The second-order valence-corrected chi connectivity index (χ2v) is 26.2. The molecule has 0 fully saturated rings. The summed E-state index contributed by atoms with van der Waals surface area (Å²) in [7, 11) is 1.11. The van der Waals surface area contributed by atoms with Gasteiger partial charge in [0.25, 0.3) is 7.82 Å². The van der Waals surface area contributed by atoms with Crippen molar-refractivity contribution in [2.24, 2.45) is 0 Å². The number of quaternary nitrogens is 1. The fourth-order valence-corrected chi connectivity index (χ4v) is 9.99. The molecule has 0 aliphatic rings. The van der Waals surface area contributed by atoms with Gasteiger partial charge >= 0.3 is 11.9 Å². The predicted molar refractivity (Wildman–Crippen MR) is 405 cm³/mol. The van der Waals surface area contributed by atoms with Crippen LogP contribution in [0.25, 0.3) is 0 Å². The van der Waals surface area contributed by atoms with E-state index in [4.69, 9.17) is 18.5 Å². The number of hydrogen-bond acceptors (Lipinski definition) is 8. The zero-order valence-electron chi connectivity index (χ0n) is 60.1. The van der Waals surface area contributed by atoms with Gasteiger partial charge in [-0.25, -0.2) is 0 Å². The molecular weight excluding hydrogens is 1180 g/mol. The summed E-state index contributed by atoms with van der Waals surface area (Å²) in [4.78, 5) is 38.1. The summed E-state index contributed by atoms with van der Waals surface area (Å²) in [5.74, 6) is -0.914. The maximum Gasteiger partial charge on any atom is 0.306 e. The SMILES string of the molecule is CC/C=C\C/C=C\C/C=C\C/C=C\C/C=C\C/C=C\C/C=C\C/C=C\C/C=C\CCCC(=O)OC(COC(=O)CCCCCCCCCCCCCCCCCC/C=C\C/C=C\C/C=C\C/C=C\C/C=C\C/C=C\C/C=C\C/C=C\CC)COP(=O)([O-])OCC[N+](C)(C)C. The first-order valence-electron chi connectivity index (χ1n) is 36.8. The zero-order valence-corrected chi connectivity index (χ0v) is 61.0. The van der Waals surface area contributed by atoms with Gasteiger partial charge < -0.3 is 27.9 Å². The molecule has 0 aliphatic heterocycles. The van der Waals surface area contributed by atoms with Crippen LogP contribution in [0.3, 0.4) is 0 Å². The molecule has 0 heterocycles. The summed E-state index contributed by atoms with van der Waals surface area (Å²) < 4.78 is 34.2. The number of carbonyl (C=O) groups is 2. The van der Waals surface area contributed by atoms with Crippen molar-refractivity contribution in [1.82, 2.24) is 0 Å². The highest BCUT2D eigenvalue weighted by Gasteiger charge is 2.22. The maximum atomic E-state index is 12.8. The number of ether oxygens (including phenoxy) is 2. The molecule has 0 aliphatic carbocycles. The zero-order chi connectivity index (χ0) is 68.3. The van der Waals surface area contributed by atoms with Crippen molar-refractivity contribution in [3.63, 3.8) is 0 Å². The van der Waals surface area contributed by atoms with E-state index >= 15 is 0 Å². The third-order valence-electron chi connectivity index (χ3n) is 14.8. The van der Waals surface area contributed by atoms with Gasteiger partial charge in [-0.2, -0.15) is 0 Å². The molecule has 0 amide bonds. The number of allylic oxidation sites excluding steroid dienone is 34. The second-order valence-electron chi connectivity index (χ2n) is 24.8. The minimum atomic E-state index is -4.67. The minimum absolute atomic E-state index is 0.0518. The summed E-state index contributed by atoms with van der Waals surface area (Å²) in [5.41, 5.74) is 0. The Bertz CT molecular complexity index is 2340. The quantitative estimate of drug-likeness (QED) is 0.0195. The van der Waals surface area contributed by atoms with Crippen molar-refractivity contribution < 1.29 is 42.1 Å². The van der Waals surface area contributed by atoms with Crippen molar-refractivity contribution in [2.75, 3.05) is 47.5 Å². The number of esters is 2. The van der Waals surface area contributed by atoms with E-state index in [0.717, 1.165) is 128 Å². The van der Waals surface area contributed by atoms with E-state index in [1.54, 1.807) is 0 Å². The van der Waals surface area contributed by atoms with Gasteiger partial charge in [-0.15, -0.1) is 0 Å². The van der Waals surface area contributed by atoms with E-state index in [2.05, 4.69) is 214 Å². The molecule has 0 saturated heterocycles. The number of nitrogens with zero attached hydrogens (tertiary/aromatic N) is 1. The van der Waals surface area contributed by atoms with Gasteiger partial charge in [0.15, 0.2) is 6.10 Å². The molecule has 2 atom stereocenters. The van der Waals surface area contributed by atoms with Gasteiger partial charge in [0.05, 0.1) is 27.7 Å². The van der Waals surface area contributed by atoms with Crippen LogP contribution in [0, 0.1) is 0 Å². The summed E-state index contributed by atoms with van der Waals surface area (Å²) in [5, 5.41) is 0. The molecule has 0 aromatic carbocycles. The van der Waals surface area contributed by atoms with Crippen LogP contribution < -0.4 is 4.89 Å². The molecule has 9 nitrogen and oxygen atoms in total. The standard InChI is InChI=1S/C84H134NO8P/c1-6-8-10-12-14-16-18-20-22-24-26-28-30-32-34-36-37-38-39-40-41-42-43-44-45-46-47-49-50-52-54-56-58-60-62-64-66-68-70-72-74-76-83(86)90-80-82(81-92-94(88,89)91-79-78-85(3,4)5)93-84(87)77-75-73-71-69-67-65-63-61-59-57-55-53-51-48-35-33-31-29-27-25-23-21-19-17-15-13-11-9-7-2/h8-11,14-17,20-23,26-29,32-35,37-38,40-41,43-44,51,53,57,59,63,65,69,71,82H,6-7,12-13,18-19,24-25,30-31,36,39,42,45-50,52,54-56,58,60-62,64,66-68,70,72-81H2,1-5H3/b10-8-,11-9-,16-14-,17-15-,22-20-,23-21-,28-26-,29-27-,34-32-,35-33-,38-37-,41-40-,44-43-,53-51-,59-57-,65-63-,71-69-. The first kappa shape index (κ1) is 88.6. The van der Waals surface area contributed by atoms with Crippen LogP contribution in [-0.2, 0) is 32.7 Å². The number of hydrogen-bond donors (Lipinski definition) is 0. The summed E-state index contributed by atoms with van der Waals surface area (Å²) in [6, 6.07) is 0. The predicted octanol–water partition coefficient (Wildman–Crippen LogP) is 24.0. The molecular formula is C84H134NO8P. The lowest BCUT2D eigenvalue weighted by Crippen LogP contribution is -2.37. The van der Waals surface area contributed by atoms with Crippen molar-refractivity contribution >= 4 is 19.8 Å². The van der Waals surface area contributed by atoms with Gasteiger partial charge in [-0.1, -0.05) is 310 Å². The molecule has 528 valence electrons. The lowest BCUT2D eigenvalue weighted by atomic mass is 10.0. The summed E-state index contributed by atoms with van der Waals surface area (Å²) >= 11 is 0. The van der Waals surface area contributed by atoms with Gasteiger partial charge in [0.2, 0.25) is 0 Å². The van der Waals surface area contributed by atoms with Crippen LogP contribution in [0.5, 0.6) is 0 Å². The number of rotatable bonds is 65. The van der Waals surface area contributed by atoms with Gasteiger partial charge in [-0.3, -0.25) is 14.2 Å². The topological polar surface area (TPSA) is 111 Å². The fraction of sp³-hybridized carbons (Fsp3) is 0.571. The molecule has 0 N–H and O–H groups in total. The minimum Gasteiger partial charge on any atom is -0.756 e. The lowest BCUT2D eigenvalue weighted by Gasteiger charge is -2.28. The van der Waals surface area contributed by atoms with Gasteiger partial charge in [0.1, 0.15) is 19.8 Å². The van der Waals surface area contributed by atoms with Crippen molar-refractivity contribution in [1.29, 1.82) is 0 Å². The van der Waals surface area contributed by atoms with Crippen molar-refractivity contribution in [3.05, 3.63) is 207 Å². The van der Waals surface area contributed by atoms with Crippen LogP contribution in [0.2, 0.25) is 0 Å². The summed E-state index contributed by atoms with van der Waals surface area (Å²) in [6.07, 6.45) is 114. The van der Waals surface area contributed by atoms with Crippen LogP contribution in [0.15, 0.2) is 207 Å². The highest BCUT2D eigenvalue weighted by atomic mass is 31.2. The normalized spacial score (nSPS) is 14.3. The fourth-order valence-electron chi connectivity index (χ4n) is 9.26. The Morgan fingerprint density at radius 1 is 0.330 bits per heavy atom. The Morgan fingerprint density at radius 2 is 0.585 bits per heavy atom. The van der Waals surface area contributed by atoms with Crippen molar-refractivity contribution in [2.45, 2.75) is 264 Å². The highest BCUT2D eigenvalue weighted by Crippen LogP contribution is 2.38. The van der Waals surface area contributed by atoms with Gasteiger partial charge in [0, 0.05) is 12.8 Å². The molecule has 0 radical (unpaired) electrons. The average Bonchev–Trinajstić information content (AvgIpc) is 1.65. The first-order chi connectivity index (χ1) is 46.0. The van der Waals surface area contributed by atoms with E-state index in [0.29, 0.717) is 30.3 Å². The van der Waals surface area contributed by atoms with Crippen LogP contribution in [0.1, 0.15) is 258 Å². The molecule has 10 heteroatoms. The average molecular weight is 1320 g/mol. The van der Waals surface area contributed by atoms with Crippen molar-refractivity contribution in [3.8, 4) is 0 Å². The third kappa shape index (κ3) is 75.6. The van der Waals surface area contributed by atoms with E-state index in [1.807, 2.05) is 27.2 Å². The second kappa shape index (κ2) is 71.9. The van der Waals surface area contributed by atoms with Crippen LogP contribution >= 0.6 is 7.82 Å². The van der Waals surface area contributed by atoms with Crippen LogP contribution in [-0.4, -0.2) is 70.0 Å². The molecule has 0 rings (SSSR count). The van der Waals surface area contributed by atoms with E-state index in [-0.39, 0.29) is 26.1 Å². The molecule has 0 aromatic heterocycles. The Kier molecular flexibility index (Phi) is 67.7. The molecule has 0 saturated carbocycles. The Hall–Kier alpha value is -5.41. The maximum absolute atomic E-state index is 12.8. The largest absolute Gasteiger partial charge is 0.756 e. The molecule has 2 unspecified atom stereocenters. The molecule has 0 spiro atoms. The van der Waals surface area contributed by atoms with Crippen LogP contribution in [0.4, 0.5) is 0 Å². The summed E-state index contributed by atoms with van der Waals surface area (Å²) in [6.45, 7) is 3.93. The van der Waals surface area contributed by atoms with E-state index in [1.165, 1.54) is 83.5 Å². The number of likely N-dealkylation sites (N-methyl/N-ethyl adjacent to an activating group) is 1. The highest BCUT2D eigenvalue weighted by molar-refractivity contribution is 7.45. The molecule has 94 heavy (non-hydrogen) atoms. The Labute approximate surface area is 576 Å².